The van der Waals surface area contributed by atoms with Crippen LogP contribution in [0.2, 0.25) is 0 Å². The Labute approximate surface area is 215 Å². The largest absolute Gasteiger partial charge is 0.248 e. The molecular weight excluding hydrogens is 613 g/mol. The van der Waals surface area contributed by atoms with Gasteiger partial charge in [-0.2, -0.15) is 0 Å². The van der Waals surface area contributed by atoms with Gasteiger partial charge in [-0.15, -0.1) is 0 Å². The van der Waals surface area contributed by atoms with Gasteiger partial charge < -0.3 is 0 Å². The molecule has 0 spiro atoms. The maximum absolute atomic E-state index is 3.72. The van der Waals surface area contributed by atoms with E-state index in [1.165, 1.54) is 69.2 Å². The second kappa shape index (κ2) is 13.6. The number of hydrogen-bond acceptors (Lipinski definition) is 1. The van der Waals surface area contributed by atoms with Crippen LogP contribution >= 0.6 is 54.7 Å². The molecule has 0 aliphatic rings. The van der Waals surface area contributed by atoms with E-state index in [4.69, 9.17) is 0 Å². The van der Waals surface area contributed by atoms with Crippen molar-refractivity contribution < 1.29 is 0 Å². The molecule has 0 aliphatic carbocycles. The summed E-state index contributed by atoms with van der Waals surface area (Å²) in [6.07, 6.45) is 8.87. The lowest BCUT2D eigenvalue weighted by Gasteiger charge is -2.40. The van der Waals surface area contributed by atoms with E-state index in [2.05, 4.69) is 127 Å². The lowest BCUT2D eigenvalue weighted by molar-refractivity contribution is 0.285. The van der Waals surface area contributed by atoms with E-state index in [0.717, 1.165) is 8.95 Å². The first-order chi connectivity index (χ1) is 14.4. The van der Waals surface area contributed by atoms with Gasteiger partial charge in [-0.05, 0) is 67.0 Å². The van der Waals surface area contributed by atoms with Crippen LogP contribution in [0, 0.1) is 5.92 Å². The van der Waals surface area contributed by atoms with Gasteiger partial charge in [0.2, 0.25) is 0 Å². The quantitative estimate of drug-likeness (QED) is 0.119. The first kappa shape index (κ1) is 26.3. The Morgan fingerprint density at radius 3 is 1.90 bits per heavy atom. The van der Waals surface area contributed by atoms with Crippen LogP contribution in [0.1, 0.15) is 76.8 Å². The van der Waals surface area contributed by atoms with Crippen LogP contribution in [0.3, 0.4) is 0 Å². The van der Waals surface area contributed by atoms with Crippen molar-refractivity contribution >= 4 is 54.7 Å². The molecule has 2 aromatic rings. The molecule has 0 heterocycles. The molecule has 0 aliphatic heterocycles. The molecule has 0 N–H and O–H groups in total. The van der Waals surface area contributed by atoms with E-state index in [-0.39, 0.29) is 5.41 Å². The van der Waals surface area contributed by atoms with Crippen molar-refractivity contribution in [2.45, 2.75) is 71.1 Å². The molecule has 0 bridgehead atoms. The monoisotopic (exact) mass is 647 g/mol. The Morgan fingerprint density at radius 1 is 0.833 bits per heavy atom. The van der Waals surface area contributed by atoms with E-state index in [1.807, 2.05) is 0 Å². The van der Waals surface area contributed by atoms with E-state index < -0.39 is 0 Å². The minimum Gasteiger partial charge on any atom is -0.248 e. The van der Waals surface area contributed by atoms with Crippen LogP contribution in [0.25, 0.3) is 0 Å². The maximum Gasteiger partial charge on any atom is 0.0203 e. The number of hydrogen-bond donors (Lipinski definition) is 0. The minimum atomic E-state index is -0.00381. The molecule has 0 fully saturated rings. The summed E-state index contributed by atoms with van der Waals surface area (Å²) in [4.78, 5) is 0. The van der Waals surface area contributed by atoms with Gasteiger partial charge in [0, 0.05) is 50.3 Å². The maximum atomic E-state index is 3.72. The minimum absolute atomic E-state index is 0.00381. The van der Waals surface area contributed by atoms with Crippen molar-refractivity contribution in [3.8, 4) is 0 Å². The zero-order valence-corrected chi connectivity index (χ0v) is 24.0. The standard InChI is InChI=1S/C26H36Br2IN/c1-4-6-11-21(12-7-8-18-30(29)17-5-2)26(3,22-13-9-15-24(27)19-22)23-14-10-16-25(28)20-23/h9-10,13-16,19-21H,4-8,11-12,17-18H2,1-3H3. The Hall–Kier alpha value is 0.0900. The van der Waals surface area contributed by atoms with E-state index in [0.29, 0.717) is 5.92 Å². The van der Waals surface area contributed by atoms with Crippen LogP contribution < -0.4 is 0 Å². The molecule has 0 amide bonds. The Kier molecular flexibility index (Phi) is 11.9. The summed E-state index contributed by atoms with van der Waals surface area (Å²) < 4.78 is 4.77. The highest BCUT2D eigenvalue weighted by atomic mass is 127. The molecule has 0 radical (unpaired) electrons. The average Bonchev–Trinajstić information content (AvgIpc) is 2.73. The number of unbranched alkanes of at least 4 members (excludes halogenated alkanes) is 2. The van der Waals surface area contributed by atoms with Crippen molar-refractivity contribution in [1.29, 1.82) is 0 Å². The zero-order chi connectivity index (χ0) is 22.0. The summed E-state index contributed by atoms with van der Waals surface area (Å²) in [6, 6.07) is 17.9. The van der Waals surface area contributed by atoms with Crippen molar-refractivity contribution in [3.63, 3.8) is 0 Å². The first-order valence-corrected chi connectivity index (χ1v) is 13.9. The van der Waals surface area contributed by atoms with Crippen LogP contribution in [0.15, 0.2) is 57.5 Å². The molecule has 1 atom stereocenters. The average molecular weight is 649 g/mol. The van der Waals surface area contributed by atoms with Crippen molar-refractivity contribution in [2.24, 2.45) is 5.92 Å². The van der Waals surface area contributed by atoms with Crippen LogP contribution in [-0.2, 0) is 5.41 Å². The summed E-state index contributed by atoms with van der Waals surface area (Å²) in [7, 11) is 0. The number of nitrogens with zero attached hydrogens (tertiary/aromatic N) is 1. The highest BCUT2D eigenvalue weighted by Gasteiger charge is 2.37. The fraction of sp³-hybridized carbons (Fsp3) is 0.538. The normalized spacial score (nSPS) is 13.0. The smallest absolute Gasteiger partial charge is 0.0203 e. The van der Waals surface area contributed by atoms with Gasteiger partial charge in [-0.25, -0.2) is 3.11 Å². The van der Waals surface area contributed by atoms with Gasteiger partial charge in [-0.1, -0.05) is 96.2 Å². The Balaban J connectivity index is 2.33. The van der Waals surface area contributed by atoms with Gasteiger partial charge in [0.1, 0.15) is 0 Å². The van der Waals surface area contributed by atoms with Crippen molar-refractivity contribution in [3.05, 3.63) is 68.6 Å². The summed E-state index contributed by atoms with van der Waals surface area (Å²) >= 11 is 9.93. The molecule has 0 saturated carbocycles. The van der Waals surface area contributed by atoms with Gasteiger partial charge in [-0.3, -0.25) is 0 Å². The summed E-state index contributed by atoms with van der Waals surface area (Å²) in [5.74, 6) is 0.620. The second-order valence-corrected chi connectivity index (χ2v) is 11.7. The number of rotatable bonds is 13. The van der Waals surface area contributed by atoms with E-state index in [9.17, 15) is 0 Å². The number of halogens is 3. The predicted octanol–water partition coefficient (Wildman–Crippen LogP) is 9.56. The Bertz CT molecular complexity index is 719. The Morgan fingerprint density at radius 2 is 1.40 bits per heavy atom. The van der Waals surface area contributed by atoms with Crippen molar-refractivity contribution in [1.82, 2.24) is 3.11 Å². The summed E-state index contributed by atoms with van der Waals surface area (Å²) in [5.41, 5.74) is 2.83. The molecule has 0 aromatic heterocycles. The van der Waals surface area contributed by atoms with E-state index in [1.54, 1.807) is 0 Å². The molecule has 2 aromatic carbocycles. The highest BCUT2D eigenvalue weighted by molar-refractivity contribution is 14.1. The third-order valence-electron chi connectivity index (χ3n) is 6.24. The van der Waals surface area contributed by atoms with Gasteiger partial charge in [0.25, 0.3) is 0 Å². The molecule has 0 saturated heterocycles. The lowest BCUT2D eigenvalue weighted by atomic mass is 9.64. The van der Waals surface area contributed by atoms with Gasteiger partial charge in [0.15, 0.2) is 0 Å². The molecular formula is C26H36Br2IN. The fourth-order valence-electron chi connectivity index (χ4n) is 4.46. The zero-order valence-electron chi connectivity index (χ0n) is 18.6. The second-order valence-electron chi connectivity index (χ2n) is 8.47. The molecule has 2 rings (SSSR count). The fourth-order valence-corrected chi connectivity index (χ4v) is 6.08. The van der Waals surface area contributed by atoms with Crippen LogP contribution in [0.4, 0.5) is 0 Å². The first-order valence-electron chi connectivity index (χ1n) is 11.3. The molecule has 1 unspecified atom stereocenters. The number of benzene rings is 2. The topological polar surface area (TPSA) is 3.24 Å². The third-order valence-corrected chi connectivity index (χ3v) is 8.19. The third kappa shape index (κ3) is 7.60. The predicted molar refractivity (Wildman–Crippen MR) is 147 cm³/mol. The molecule has 30 heavy (non-hydrogen) atoms. The van der Waals surface area contributed by atoms with E-state index >= 15 is 0 Å². The van der Waals surface area contributed by atoms with Crippen LogP contribution in [0.5, 0.6) is 0 Å². The summed E-state index contributed by atoms with van der Waals surface area (Å²) in [5, 5.41) is 0. The SMILES string of the molecule is CCCCC(CCCCN(I)CCC)C(C)(c1cccc(Br)c1)c1cccc(Br)c1. The van der Waals surface area contributed by atoms with Crippen LogP contribution in [-0.4, -0.2) is 16.2 Å². The molecule has 4 heteroatoms. The molecule has 166 valence electrons. The summed E-state index contributed by atoms with van der Waals surface area (Å²) in [6.45, 7) is 9.42. The highest BCUT2D eigenvalue weighted by Crippen LogP contribution is 2.45. The lowest BCUT2D eigenvalue weighted by Crippen LogP contribution is -2.34. The van der Waals surface area contributed by atoms with Gasteiger partial charge >= 0.3 is 0 Å². The van der Waals surface area contributed by atoms with Crippen molar-refractivity contribution in [2.75, 3.05) is 13.1 Å². The molecule has 1 nitrogen and oxygen atoms in total. The van der Waals surface area contributed by atoms with Gasteiger partial charge in [0.05, 0.1) is 0 Å².